The van der Waals surface area contributed by atoms with Gasteiger partial charge in [0.05, 0.1) is 24.6 Å². The summed E-state index contributed by atoms with van der Waals surface area (Å²) in [6, 6.07) is 2.66. The molecule has 0 fully saturated rings. The van der Waals surface area contributed by atoms with Crippen molar-refractivity contribution in [3.05, 3.63) is 54.2 Å². The number of fused-ring (bicyclic) bond motifs is 1. The molecule has 278 valence electrons. The molecule has 9 N–H and O–H groups in total. The van der Waals surface area contributed by atoms with Crippen molar-refractivity contribution < 1.29 is 33.9 Å². The van der Waals surface area contributed by atoms with Gasteiger partial charge in [-0.15, -0.1) is 0 Å². The van der Waals surface area contributed by atoms with E-state index in [1.807, 2.05) is 44.3 Å². The largest absolute Gasteiger partial charge is 0.480 e. The lowest BCUT2D eigenvalue weighted by Gasteiger charge is -2.31. The standard InChI is InChI=1S/C35H51N9O7/c1-19(2)12-27(34(50)51)43-32(48)26(14-22-16-37-18-40-22)42-28(45)17-39-33(49)29(35(4,5)6)44-30(46)20(3)41-31(47)25(36-7)13-21-15-38-24-11-9-8-10-23(21)24/h8-11,15-16,18-20,25-27,29,36,38H,12-14,17H2,1-7H3,(H,37,40)(H,39,49)(H,41,47)(H,42,45)(H,43,48)(H,44,46)(H,50,51)/t20-,25-,26-,27-,29+/m0/s1. The molecule has 16 nitrogen and oxygen atoms in total. The fraction of sp³-hybridized carbons (Fsp3) is 0.514. The molecule has 0 bridgehead atoms. The predicted octanol–water partition coefficient (Wildman–Crippen LogP) is 0.516. The number of aromatic amines is 2. The molecule has 0 aliphatic rings. The summed E-state index contributed by atoms with van der Waals surface area (Å²) in [6.45, 7) is 9.83. The van der Waals surface area contributed by atoms with Gasteiger partial charge < -0.3 is 47.0 Å². The fourth-order valence-electron chi connectivity index (χ4n) is 5.47. The zero-order valence-electron chi connectivity index (χ0n) is 30.2. The van der Waals surface area contributed by atoms with Crippen molar-refractivity contribution in [2.75, 3.05) is 13.6 Å². The highest BCUT2D eigenvalue weighted by atomic mass is 16.4. The highest BCUT2D eigenvalue weighted by Gasteiger charge is 2.35. The zero-order valence-corrected chi connectivity index (χ0v) is 30.2. The average molecular weight is 710 g/mol. The molecule has 0 radical (unpaired) electrons. The van der Waals surface area contributed by atoms with Crippen LogP contribution in [0.1, 0.15) is 59.2 Å². The van der Waals surface area contributed by atoms with Gasteiger partial charge in [-0.2, -0.15) is 0 Å². The number of rotatable bonds is 18. The summed E-state index contributed by atoms with van der Waals surface area (Å²) >= 11 is 0. The molecule has 0 unspecified atom stereocenters. The minimum absolute atomic E-state index is 0.0160. The van der Waals surface area contributed by atoms with Gasteiger partial charge in [-0.05, 0) is 49.8 Å². The number of carbonyl (C=O) groups excluding carboxylic acids is 5. The number of carboxylic acids is 1. The molecule has 0 saturated carbocycles. The first-order valence-corrected chi connectivity index (χ1v) is 16.9. The van der Waals surface area contributed by atoms with Crippen molar-refractivity contribution in [3.63, 3.8) is 0 Å². The summed E-state index contributed by atoms with van der Waals surface area (Å²) in [5.74, 6) is -4.32. The Morgan fingerprint density at radius 3 is 2.12 bits per heavy atom. The lowest BCUT2D eigenvalue weighted by Crippen LogP contribution is -2.59. The van der Waals surface area contributed by atoms with Gasteiger partial charge in [0.2, 0.25) is 29.5 Å². The van der Waals surface area contributed by atoms with Gasteiger partial charge in [0.15, 0.2) is 0 Å². The number of benzene rings is 1. The van der Waals surface area contributed by atoms with Crippen LogP contribution in [0.5, 0.6) is 0 Å². The predicted molar refractivity (Wildman–Crippen MR) is 190 cm³/mol. The maximum Gasteiger partial charge on any atom is 0.326 e. The molecule has 3 rings (SSSR count). The Kier molecular flexibility index (Phi) is 14.3. The highest BCUT2D eigenvalue weighted by Crippen LogP contribution is 2.21. The van der Waals surface area contributed by atoms with Crippen LogP contribution < -0.4 is 31.9 Å². The molecule has 0 aliphatic carbocycles. The maximum atomic E-state index is 13.3. The highest BCUT2D eigenvalue weighted by molar-refractivity contribution is 5.95. The molecule has 0 spiro atoms. The van der Waals surface area contributed by atoms with E-state index in [9.17, 15) is 33.9 Å². The number of H-pyrrole nitrogens is 2. The first-order valence-electron chi connectivity index (χ1n) is 16.9. The number of imidazole rings is 1. The van der Waals surface area contributed by atoms with E-state index in [4.69, 9.17) is 0 Å². The number of nitrogens with one attached hydrogen (secondary N) is 8. The summed E-state index contributed by atoms with van der Waals surface area (Å²) < 4.78 is 0. The molecule has 16 heteroatoms. The zero-order chi connectivity index (χ0) is 37.9. The molecule has 2 heterocycles. The van der Waals surface area contributed by atoms with Gasteiger partial charge in [0.25, 0.3) is 0 Å². The molecule has 0 saturated heterocycles. The Balaban J connectivity index is 1.60. The second-order valence-corrected chi connectivity index (χ2v) is 14.1. The van der Waals surface area contributed by atoms with Crippen molar-refractivity contribution >= 4 is 46.4 Å². The minimum Gasteiger partial charge on any atom is -0.480 e. The maximum absolute atomic E-state index is 13.3. The second kappa shape index (κ2) is 18.1. The number of hydrogen-bond acceptors (Lipinski definition) is 8. The number of carbonyl (C=O) groups is 6. The Morgan fingerprint density at radius 1 is 0.824 bits per heavy atom. The molecule has 5 amide bonds. The second-order valence-electron chi connectivity index (χ2n) is 14.1. The van der Waals surface area contributed by atoms with Crippen LogP contribution in [0, 0.1) is 11.3 Å². The lowest BCUT2D eigenvalue weighted by molar-refractivity contribution is -0.142. The third kappa shape index (κ3) is 11.9. The van der Waals surface area contributed by atoms with E-state index < -0.39 is 77.7 Å². The normalized spacial score (nSPS) is 14.5. The van der Waals surface area contributed by atoms with Crippen molar-refractivity contribution in [1.29, 1.82) is 0 Å². The lowest BCUT2D eigenvalue weighted by atomic mass is 9.86. The smallest absolute Gasteiger partial charge is 0.326 e. The topological polar surface area (TPSA) is 239 Å². The molecule has 3 aromatic rings. The van der Waals surface area contributed by atoms with Gasteiger partial charge in [0, 0.05) is 29.7 Å². The van der Waals surface area contributed by atoms with E-state index in [0.29, 0.717) is 12.1 Å². The van der Waals surface area contributed by atoms with Crippen LogP contribution in [0.3, 0.4) is 0 Å². The molecule has 51 heavy (non-hydrogen) atoms. The van der Waals surface area contributed by atoms with Gasteiger partial charge in [-0.1, -0.05) is 52.8 Å². The number of aromatic nitrogens is 3. The fourth-order valence-corrected chi connectivity index (χ4v) is 5.47. The number of para-hydroxylation sites is 1. The average Bonchev–Trinajstić information content (AvgIpc) is 3.73. The Morgan fingerprint density at radius 2 is 1.51 bits per heavy atom. The number of aliphatic carboxylic acids is 1. The summed E-state index contributed by atoms with van der Waals surface area (Å²) in [5.41, 5.74) is 1.54. The van der Waals surface area contributed by atoms with Crippen LogP contribution in [-0.2, 0) is 41.6 Å². The van der Waals surface area contributed by atoms with E-state index in [1.54, 1.807) is 34.0 Å². The van der Waals surface area contributed by atoms with Crippen LogP contribution in [0.2, 0.25) is 0 Å². The summed E-state index contributed by atoms with van der Waals surface area (Å²) in [6.07, 6.45) is 5.31. The molecule has 0 aliphatic heterocycles. The summed E-state index contributed by atoms with van der Waals surface area (Å²) in [7, 11) is 1.66. The number of amides is 5. The Labute approximate surface area is 297 Å². The number of likely N-dealkylation sites (N-methyl/N-ethyl adjacent to an activating group) is 1. The first-order chi connectivity index (χ1) is 24.0. The van der Waals surface area contributed by atoms with Crippen LogP contribution in [0.4, 0.5) is 0 Å². The van der Waals surface area contributed by atoms with Crippen molar-refractivity contribution in [2.45, 2.75) is 91.0 Å². The SMILES string of the molecule is CN[C@@H](Cc1c[nH]c2ccccc12)C(=O)N[C@@H](C)C(=O)N[C@H](C(=O)NCC(=O)N[C@@H](Cc1c[nH]cn1)C(=O)N[C@@H](CC(C)C)C(=O)O)C(C)(C)C. The molecule has 5 atom stereocenters. The number of nitrogens with zero attached hydrogens (tertiary/aromatic N) is 1. The van der Waals surface area contributed by atoms with E-state index >= 15 is 0 Å². The third-order valence-electron chi connectivity index (χ3n) is 8.30. The number of carboxylic acid groups (broad SMARTS) is 1. The summed E-state index contributed by atoms with van der Waals surface area (Å²) in [5, 5.41) is 26.5. The first kappa shape index (κ1) is 40.2. The van der Waals surface area contributed by atoms with Crippen molar-refractivity contribution in [3.8, 4) is 0 Å². The van der Waals surface area contributed by atoms with E-state index in [1.165, 1.54) is 13.3 Å². The van der Waals surface area contributed by atoms with Crippen LogP contribution in [-0.4, -0.2) is 99.4 Å². The Bertz CT molecular complexity index is 1660. The van der Waals surface area contributed by atoms with Gasteiger partial charge in [-0.25, -0.2) is 9.78 Å². The van der Waals surface area contributed by atoms with Gasteiger partial charge in [-0.3, -0.25) is 24.0 Å². The van der Waals surface area contributed by atoms with Gasteiger partial charge in [0.1, 0.15) is 24.2 Å². The van der Waals surface area contributed by atoms with Crippen LogP contribution >= 0.6 is 0 Å². The van der Waals surface area contributed by atoms with Crippen LogP contribution in [0.25, 0.3) is 10.9 Å². The summed E-state index contributed by atoms with van der Waals surface area (Å²) in [4.78, 5) is 87.7. The van der Waals surface area contributed by atoms with Gasteiger partial charge >= 0.3 is 5.97 Å². The van der Waals surface area contributed by atoms with E-state index in [-0.39, 0.29) is 18.8 Å². The number of hydrogen-bond donors (Lipinski definition) is 9. The van der Waals surface area contributed by atoms with Crippen LogP contribution in [0.15, 0.2) is 43.0 Å². The molecule has 1 aromatic carbocycles. The van der Waals surface area contributed by atoms with E-state index in [0.717, 1.165) is 16.5 Å². The molecular weight excluding hydrogens is 658 g/mol. The van der Waals surface area contributed by atoms with Crippen molar-refractivity contribution in [2.24, 2.45) is 11.3 Å². The quantitative estimate of drug-likeness (QED) is 0.0893. The van der Waals surface area contributed by atoms with E-state index in [2.05, 4.69) is 46.9 Å². The molecular formula is C35H51N9O7. The third-order valence-corrected chi connectivity index (χ3v) is 8.30. The molecule has 2 aromatic heterocycles. The minimum atomic E-state index is -1.20. The Hall–Kier alpha value is -5.25. The monoisotopic (exact) mass is 709 g/mol. The van der Waals surface area contributed by atoms with Crippen molar-refractivity contribution in [1.82, 2.24) is 46.9 Å².